The maximum Gasteiger partial charge on any atom is 0.305 e. The zero-order valence-electron chi connectivity index (χ0n) is 42.8. The van der Waals surface area contributed by atoms with Gasteiger partial charge in [-0.25, -0.2) is 0 Å². The normalized spacial score (nSPS) is 12.9. The van der Waals surface area contributed by atoms with Crippen molar-refractivity contribution in [3.8, 4) is 0 Å². The summed E-state index contributed by atoms with van der Waals surface area (Å²) in [5.41, 5.74) is 0. The molecule has 0 spiro atoms. The Hall–Kier alpha value is -1.92. The fourth-order valence-electron chi connectivity index (χ4n) is 8.50. The Morgan fingerprint density at radius 1 is 0.422 bits per heavy atom. The topological polar surface area (TPSA) is 95.9 Å². The predicted octanol–water partition coefficient (Wildman–Crippen LogP) is 17.2. The summed E-state index contributed by atoms with van der Waals surface area (Å²) >= 11 is 0. The minimum atomic E-state index is -0.846. The number of ether oxygens (including phenoxy) is 1. The molecule has 0 saturated heterocycles. The van der Waals surface area contributed by atoms with Crippen molar-refractivity contribution >= 4 is 11.9 Å². The summed E-state index contributed by atoms with van der Waals surface area (Å²) in [7, 11) is 0. The van der Waals surface area contributed by atoms with Gasteiger partial charge in [0.15, 0.2) is 0 Å². The van der Waals surface area contributed by atoms with Gasteiger partial charge in [-0.15, -0.1) is 0 Å². The first-order valence-corrected chi connectivity index (χ1v) is 28.3. The molecule has 376 valence electrons. The fourth-order valence-corrected chi connectivity index (χ4v) is 8.50. The van der Waals surface area contributed by atoms with Crippen LogP contribution in [-0.2, 0) is 14.3 Å². The minimum absolute atomic E-state index is 0.00189. The zero-order chi connectivity index (χ0) is 46.5. The second-order valence-electron chi connectivity index (χ2n) is 19.3. The molecule has 2 atom stereocenters. The van der Waals surface area contributed by atoms with Gasteiger partial charge in [0.1, 0.15) is 0 Å². The number of aliphatic hydroxyl groups excluding tert-OH is 2. The molecule has 2 unspecified atom stereocenters. The highest BCUT2D eigenvalue weighted by atomic mass is 16.5. The lowest BCUT2D eigenvalue weighted by molar-refractivity contribution is -0.143. The average Bonchev–Trinajstić information content (AvgIpc) is 3.29. The molecule has 0 saturated carbocycles. The highest BCUT2D eigenvalue weighted by Crippen LogP contribution is 2.16. The Labute approximate surface area is 398 Å². The molecule has 6 nitrogen and oxygen atoms in total. The molecule has 3 N–H and O–H groups in total. The van der Waals surface area contributed by atoms with E-state index in [1.807, 2.05) is 6.08 Å². The van der Waals surface area contributed by atoms with Crippen molar-refractivity contribution in [1.29, 1.82) is 0 Å². The van der Waals surface area contributed by atoms with E-state index in [9.17, 15) is 19.8 Å². The Morgan fingerprint density at radius 2 is 0.734 bits per heavy atom. The number of hydrogen-bond donors (Lipinski definition) is 3. The highest BCUT2D eigenvalue weighted by molar-refractivity contribution is 5.76. The molecule has 0 bridgehead atoms. The fraction of sp³-hybridized carbons (Fsp3) is 0.862. The summed E-state index contributed by atoms with van der Waals surface area (Å²) in [4.78, 5) is 24.4. The first-order chi connectivity index (χ1) is 31.5. The number of carbonyl (C=O) groups excluding carboxylic acids is 2. The summed E-state index contributed by atoms with van der Waals surface area (Å²) in [5.74, 6) is -0.0747. The van der Waals surface area contributed by atoms with E-state index >= 15 is 0 Å². The molecule has 0 rings (SSSR count). The molecule has 0 aliphatic rings. The molecular formula is C58H109NO5. The molecule has 0 fully saturated rings. The van der Waals surface area contributed by atoms with Crippen LogP contribution in [0.25, 0.3) is 0 Å². The second kappa shape index (κ2) is 53.7. The van der Waals surface area contributed by atoms with Gasteiger partial charge in [0.05, 0.1) is 25.4 Å². The molecule has 1 amide bonds. The van der Waals surface area contributed by atoms with Crippen LogP contribution < -0.4 is 5.32 Å². The third-order valence-electron chi connectivity index (χ3n) is 12.9. The van der Waals surface area contributed by atoms with Crippen molar-refractivity contribution < 1.29 is 24.5 Å². The van der Waals surface area contributed by atoms with Crippen molar-refractivity contribution in [3.05, 3.63) is 36.5 Å². The van der Waals surface area contributed by atoms with Gasteiger partial charge >= 0.3 is 5.97 Å². The smallest absolute Gasteiger partial charge is 0.305 e. The van der Waals surface area contributed by atoms with Gasteiger partial charge in [0.25, 0.3) is 0 Å². The second-order valence-corrected chi connectivity index (χ2v) is 19.3. The van der Waals surface area contributed by atoms with Crippen LogP contribution in [0.2, 0.25) is 0 Å². The van der Waals surface area contributed by atoms with Gasteiger partial charge in [-0.3, -0.25) is 9.59 Å². The molecule has 6 heteroatoms. The third-order valence-corrected chi connectivity index (χ3v) is 12.9. The Balaban J connectivity index is 3.41. The third kappa shape index (κ3) is 49.5. The van der Waals surface area contributed by atoms with Crippen molar-refractivity contribution in [2.75, 3.05) is 13.2 Å². The van der Waals surface area contributed by atoms with Crippen molar-refractivity contribution in [2.45, 2.75) is 309 Å². The maximum absolute atomic E-state index is 12.4. The number of hydrogen-bond acceptors (Lipinski definition) is 5. The standard InChI is InChI=1S/C58H109NO5/c1-3-5-7-9-11-13-15-16-29-32-36-40-44-48-52-58(63)64-53-49-45-41-37-33-30-27-25-23-21-19-17-18-20-22-24-26-28-31-35-39-43-47-51-57(62)59-55(54-60)56(61)50-46-42-38-34-14-12-10-8-6-4-2/h15-16,20,22,46,50,55-56,60-61H,3-14,17-19,21,23-45,47-49,51-54H2,1-2H3,(H,59,62)/b16-15-,22-20-,50-46+. The Kier molecular flexibility index (Phi) is 52.1. The number of amides is 1. The van der Waals surface area contributed by atoms with Crippen LogP contribution in [0.5, 0.6) is 0 Å². The van der Waals surface area contributed by atoms with Gasteiger partial charge in [-0.1, -0.05) is 237 Å². The van der Waals surface area contributed by atoms with E-state index in [0.717, 1.165) is 51.4 Å². The molecule has 0 aromatic rings. The summed E-state index contributed by atoms with van der Waals surface area (Å²) < 4.78 is 5.47. The monoisotopic (exact) mass is 900 g/mol. The number of nitrogens with one attached hydrogen (secondary N) is 1. The molecule has 64 heavy (non-hydrogen) atoms. The Bertz CT molecular complexity index is 1040. The van der Waals surface area contributed by atoms with Gasteiger partial charge in [0.2, 0.25) is 5.91 Å². The highest BCUT2D eigenvalue weighted by Gasteiger charge is 2.18. The summed E-state index contributed by atoms with van der Waals surface area (Å²) in [6, 6.07) is -0.631. The van der Waals surface area contributed by atoms with Crippen molar-refractivity contribution in [3.63, 3.8) is 0 Å². The van der Waals surface area contributed by atoms with Gasteiger partial charge in [-0.05, 0) is 83.5 Å². The van der Waals surface area contributed by atoms with Crippen LogP contribution >= 0.6 is 0 Å². The number of esters is 1. The van der Waals surface area contributed by atoms with Crippen molar-refractivity contribution in [2.24, 2.45) is 0 Å². The lowest BCUT2D eigenvalue weighted by Crippen LogP contribution is -2.45. The minimum Gasteiger partial charge on any atom is -0.466 e. The van der Waals surface area contributed by atoms with Crippen LogP contribution in [-0.4, -0.2) is 47.4 Å². The van der Waals surface area contributed by atoms with Gasteiger partial charge < -0.3 is 20.3 Å². The number of aliphatic hydroxyl groups is 2. The van der Waals surface area contributed by atoms with Crippen LogP contribution in [0, 0.1) is 0 Å². The first kappa shape index (κ1) is 62.1. The van der Waals surface area contributed by atoms with Crippen LogP contribution in [0.3, 0.4) is 0 Å². The lowest BCUT2D eigenvalue weighted by atomic mass is 10.0. The number of carbonyl (C=O) groups is 2. The lowest BCUT2D eigenvalue weighted by Gasteiger charge is -2.20. The summed E-state index contributed by atoms with van der Waals surface area (Å²) in [6.45, 7) is 4.87. The molecular weight excluding hydrogens is 791 g/mol. The maximum atomic E-state index is 12.4. The predicted molar refractivity (Wildman–Crippen MR) is 278 cm³/mol. The molecule has 0 heterocycles. The molecule has 0 aliphatic carbocycles. The van der Waals surface area contributed by atoms with Gasteiger partial charge in [0, 0.05) is 12.8 Å². The van der Waals surface area contributed by atoms with Gasteiger partial charge in [-0.2, -0.15) is 0 Å². The summed E-state index contributed by atoms with van der Waals surface area (Å²) in [6.07, 6.45) is 66.0. The van der Waals surface area contributed by atoms with E-state index in [1.54, 1.807) is 6.08 Å². The van der Waals surface area contributed by atoms with Crippen LogP contribution in [0.1, 0.15) is 296 Å². The van der Waals surface area contributed by atoms with Crippen LogP contribution in [0.15, 0.2) is 36.5 Å². The largest absolute Gasteiger partial charge is 0.466 e. The number of allylic oxidation sites excluding steroid dienone is 5. The first-order valence-electron chi connectivity index (χ1n) is 28.3. The van der Waals surface area contributed by atoms with E-state index in [0.29, 0.717) is 19.4 Å². The van der Waals surface area contributed by atoms with Crippen LogP contribution in [0.4, 0.5) is 0 Å². The molecule has 0 radical (unpaired) electrons. The molecule has 0 aliphatic heterocycles. The average molecular weight is 901 g/mol. The quantitative estimate of drug-likeness (QED) is 0.0321. The summed E-state index contributed by atoms with van der Waals surface area (Å²) in [5, 5.41) is 23.0. The Morgan fingerprint density at radius 3 is 1.11 bits per heavy atom. The molecule has 0 aromatic carbocycles. The SMILES string of the molecule is CCCCCCC/C=C\CCCCCCCC(=O)OCCCCCCCCCCCCCC/C=C\CCCCCCCCCC(=O)NC(CO)C(O)/C=C/CCCCCCCCCC. The number of unbranched alkanes of at least 4 members (excludes halogenated alkanes) is 37. The molecule has 0 aromatic heterocycles. The number of rotatable bonds is 52. The van der Waals surface area contributed by atoms with E-state index < -0.39 is 12.1 Å². The van der Waals surface area contributed by atoms with Crippen molar-refractivity contribution in [1.82, 2.24) is 5.32 Å². The van der Waals surface area contributed by atoms with E-state index in [4.69, 9.17) is 4.74 Å². The van der Waals surface area contributed by atoms with E-state index in [-0.39, 0.29) is 18.5 Å². The zero-order valence-corrected chi connectivity index (χ0v) is 42.8. The van der Waals surface area contributed by atoms with E-state index in [2.05, 4.69) is 43.5 Å². The van der Waals surface area contributed by atoms with E-state index in [1.165, 1.54) is 218 Å².